The number of carboxylic acids is 1. The van der Waals surface area contributed by atoms with Gasteiger partial charge in [-0.1, -0.05) is 18.2 Å². The lowest BCUT2D eigenvalue weighted by atomic mass is 10.1. The fraction of sp³-hybridized carbons (Fsp3) is 0.250. The maximum atomic E-state index is 11.1. The molecule has 2 N–H and O–H groups in total. The summed E-state index contributed by atoms with van der Waals surface area (Å²) >= 11 is 0. The maximum absolute atomic E-state index is 11.1. The van der Waals surface area contributed by atoms with Gasteiger partial charge >= 0.3 is 5.97 Å². The highest BCUT2D eigenvalue weighted by Crippen LogP contribution is 2.22. The second kappa shape index (κ2) is 5.59. The van der Waals surface area contributed by atoms with Crippen LogP contribution in [0.3, 0.4) is 0 Å². The Morgan fingerprint density at radius 2 is 2.26 bits per heavy atom. The van der Waals surface area contributed by atoms with Gasteiger partial charge in [-0.15, -0.1) is 4.91 Å². The van der Waals surface area contributed by atoms with E-state index in [0.29, 0.717) is 11.1 Å². The number of nitrogens with one attached hydrogen (secondary N) is 1. The molecule has 0 saturated heterocycles. The lowest BCUT2D eigenvalue weighted by molar-refractivity contribution is -0.143. The van der Waals surface area contributed by atoms with Gasteiger partial charge in [0.1, 0.15) is 6.04 Å². The van der Waals surface area contributed by atoms with Crippen molar-refractivity contribution in [2.75, 3.05) is 7.11 Å². The SMILES string of the molecule is CONC(Cc1cn(N=O)c2ccccc12)C(=O)O. The number of hydroxylamine groups is 1. The molecule has 0 spiro atoms. The third kappa shape index (κ3) is 2.61. The van der Waals surface area contributed by atoms with Crippen molar-refractivity contribution in [1.82, 2.24) is 10.2 Å². The minimum Gasteiger partial charge on any atom is -0.480 e. The van der Waals surface area contributed by atoms with Crippen LogP contribution in [-0.4, -0.2) is 28.9 Å². The molecule has 0 aliphatic carbocycles. The molecule has 0 fully saturated rings. The number of hydrogen-bond donors (Lipinski definition) is 2. The Balaban J connectivity index is 2.39. The predicted octanol–water partition coefficient (Wildman–Crippen LogP) is 1.32. The van der Waals surface area contributed by atoms with E-state index in [1.807, 2.05) is 12.1 Å². The van der Waals surface area contributed by atoms with Crippen LogP contribution in [0.25, 0.3) is 10.9 Å². The number of carbonyl (C=O) groups is 1. The lowest BCUT2D eigenvalue weighted by Crippen LogP contribution is -2.37. The molecule has 2 aromatic rings. The van der Waals surface area contributed by atoms with Crippen LogP contribution >= 0.6 is 0 Å². The summed E-state index contributed by atoms with van der Waals surface area (Å²) in [4.78, 5) is 26.5. The molecule has 2 rings (SSSR count). The molecule has 100 valence electrons. The molecule has 0 aliphatic rings. The number of fused-ring (bicyclic) bond motifs is 1. The van der Waals surface area contributed by atoms with Gasteiger partial charge in [0.15, 0.2) is 0 Å². The first kappa shape index (κ1) is 13.2. The second-order valence-electron chi connectivity index (χ2n) is 4.01. The third-order valence-corrected chi connectivity index (χ3v) is 2.85. The summed E-state index contributed by atoms with van der Waals surface area (Å²) in [5.41, 5.74) is 3.77. The molecule has 1 atom stereocenters. The molecule has 0 amide bonds. The molecule has 1 aromatic heterocycles. The van der Waals surface area contributed by atoms with Gasteiger partial charge in [-0.3, -0.25) is 4.79 Å². The molecule has 7 nitrogen and oxygen atoms in total. The summed E-state index contributed by atoms with van der Waals surface area (Å²) < 4.78 is 1.19. The maximum Gasteiger partial charge on any atom is 0.323 e. The van der Waals surface area contributed by atoms with Crippen molar-refractivity contribution in [2.24, 2.45) is 5.29 Å². The highest BCUT2D eigenvalue weighted by atomic mass is 16.6. The summed E-state index contributed by atoms with van der Waals surface area (Å²) in [5, 5.41) is 12.7. The summed E-state index contributed by atoms with van der Waals surface area (Å²) in [6, 6.07) is 6.28. The van der Waals surface area contributed by atoms with Crippen LogP contribution in [0.2, 0.25) is 0 Å². The number of nitroso groups, excluding NO2 is 1. The Labute approximate surface area is 108 Å². The van der Waals surface area contributed by atoms with Crippen LogP contribution in [0.1, 0.15) is 5.56 Å². The van der Waals surface area contributed by atoms with Crippen LogP contribution < -0.4 is 5.48 Å². The van der Waals surface area contributed by atoms with Gasteiger partial charge in [0.2, 0.25) is 0 Å². The number of carboxylic acid groups (broad SMARTS) is 1. The predicted molar refractivity (Wildman–Crippen MR) is 68.4 cm³/mol. The topological polar surface area (TPSA) is 92.9 Å². The molecule has 1 heterocycles. The number of para-hydroxylation sites is 1. The first-order chi connectivity index (χ1) is 9.17. The van der Waals surface area contributed by atoms with E-state index in [0.717, 1.165) is 5.39 Å². The summed E-state index contributed by atoms with van der Waals surface area (Å²) in [6.07, 6.45) is 1.72. The number of nitrogens with zero attached hydrogens (tertiary/aromatic N) is 2. The van der Waals surface area contributed by atoms with Gasteiger partial charge in [-0.25, -0.2) is 4.68 Å². The van der Waals surface area contributed by atoms with Crippen LogP contribution in [0, 0.1) is 4.91 Å². The van der Waals surface area contributed by atoms with Crippen molar-refractivity contribution < 1.29 is 14.7 Å². The number of rotatable bonds is 6. The van der Waals surface area contributed by atoms with Crippen LogP contribution in [0.4, 0.5) is 0 Å². The van der Waals surface area contributed by atoms with E-state index in [2.05, 4.69) is 15.6 Å². The minimum absolute atomic E-state index is 0.187. The lowest BCUT2D eigenvalue weighted by Gasteiger charge is -2.11. The largest absolute Gasteiger partial charge is 0.480 e. The Hall–Kier alpha value is -2.25. The van der Waals surface area contributed by atoms with E-state index in [1.165, 1.54) is 18.0 Å². The van der Waals surface area contributed by atoms with Crippen molar-refractivity contribution in [2.45, 2.75) is 12.5 Å². The molecular formula is C12H13N3O4. The van der Waals surface area contributed by atoms with Crippen LogP contribution in [0.5, 0.6) is 0 Å². The van der Waals surface area contributed by atoms with Crippen LogP contribution in [-0.2, 0) is 16.1 Å². The van der Waals surface area contributed by atoms with Gasteiger partial charge in [-0.05, 0) is 11.6 Å². The highest BCUT2D eigenvalue weighted by Gasteiger charge is 2.20. The van der Waals surface area contributed by atoms with Crippen molar-refractivity contribution >= 4 is 16.9 Å². The molecule has 0 radical (unpaired) electrons. The zero-order valence-corrected chi connectivity index (χ0v) is 10.2. The van der Waals surface area contributed by atoms with Crippen molar-refractivity contribution in [3.63, 3.8) is 0 Å². The van der Waals surface area contributed by atoms with E-state index in [-0.39, 0.29) is 6.42 Å². The summed E-state index contributed by atoms with van der Waals surface area (Å²) in [7, 11) is 1.35. The van der Waals surface area contributed by atoms with E-state index in [9.17, 15) is 9.70 Å². The molecule has 7 heteroatoms. The first-order valence-corrected chi connectivity index (χ1v) is 5.61. The van der Waals surface area contributed by atoms with Crippen molar-refractivity contribution in [3.05, 3.63) is 40.9 Å². The van der Waals surface area contributed by atoms with Crippen molar-refractivity contribution in [3.8, 4) is 0 Å². The number of benzene rings is 1. The van der Waals surface area contributed by atoms with Crippen LogP contribution in [0.15, 0.2) is 35.7 Å². The number of aromatic nitrogens is 1. The normalized spacial score (nSPS) is 12.5. The zero-order chi connectivity index (χ0) is 13.8. The first-order valence-electron chi connectivity index (χ1n) is 5.61. The smallest absolute Gasteiger partial charge is 0.323 e. The Morgan fingerprint density at radius 1 is 1.53 bits per heavy atom. The van der Waals surface area contributed by atoms with Gasteiger partial charge in [-0.2, -0.15) is 5.48 Å². The monoisotopic (exact) mass is 263 g/mol. The van der Waals surface area contributed by atoms with E-state index in [4.69, 9.17) is 5.11 Å². The Morgan fingerprint density at radius 3 is 2.89 bits per heavy atom. The molecule has 0 saturated carbocycles. The summed E-state index contributed by atoms with van der Waals surface area (Å²) in [5.74, 6) is -1.03. The molecule has 1 aromatic carbocycles. The fourth-order valence-electron chi connectivity index (χ4n) is 2.00. The third-order valence-electron chi connectivity index (χ3n) is 2.85. The standard InChI is InChI=1S/C12H13N3O4/c1-19-13-10(12(16)17)6-8-7-15(14-18)11-5-3-2-4-9(8)11/h2-5,7,10,13H,6H2,1H3,(H,16,17). The zero-order valence-electron chi connectivity index (χ0n) is 10.2. The van der Waals surface area contributed by atoms with Crippen molar-refractivity contribution in [1.29, 1.82) is 0 Å². The fourth-order valence-corrected chi connectivity index (χ4v) is 2.00. The van der Waals surface area contributed by atoms with Gasteiger partial charge in [0.25, 0.3) is 0 Å². The minimum atomic E-state index is -1.03. The molecular weight excluding hydrogens is 250 g/mol. The molecule has 0 aliphatic heterocycles. The number of hydrogen-bond acceptors (Lipinski definition) is 5. The van der Waals surface area contributed by atoms with E-state index >= 15 is 0 Å². The Kier molecular flexibility index (Phi) is 3.88. The van der Waals surface area contributed by atoms with Gasteiger partial charge in [0.05, 0.1) is 17.9 Å². The van der Waals surface area contributed by atoms with E-state index in [1.54, 1.807) is 12.1 Å². The molecule has 0 bridgehead atoms. The second-order valence-corrected chi connectivity index (χ2v) is 4.01. The quantitative estimate of drug-likeness (QED) is 0.605. The molecule has 19 heavy (non-hydrogen) atoms. The van der Waals surface area contributed by atoms with Gasteiger partial charge < -0.3 is 9.94 Å². The average molecular weight is 263 g/mol. The average Bonchev–Trinajstić information content (AvgIpc) is 2.76. The van der Waals surface area contributed by atoms with E-state index < -0.39 is 12.0 Å². The number of aliphatic carboxylic acids is 1. The molecule has 1 unspecified atom stereocenters. The van der Waals surface area contributed by atoms with Gasteiger partial charge in [0, 0.05) is 18.0 Å². The highest BCUT2D eigenvalue weighted by molar-refractivity contribution is 5.85. The summed E-state index contributed by atoms with van der Waals surface area (Å²) in [6.45, 7) is 0. The Bertz CT molecular complexity index is 608.